The van der Waals surface area contributed by atoms with Gasteiger partial charge in [-0.3, -0.25) is 9.59 Å². The van der Waals surface area contributed by atoms with Gasteiger partial charge in [-0.25, -0.2) is 0 Å². The normalized spacial score (nSPS) is 12.8. The fourth-order valence-corrected chi connectivity index (χ4v) is 9.59. The van der Waals surface area contributed by atoms with Crippen LogP contribution in [0.25, 0.3) is 0 Å². The second-order valence-electron chi connectivity index (χ2n) is 21.4. The van der Waals surface area contributed by atoms with E-state index in [1.807, 2.05) is 0 Å². The molecule has 0 saturated carbocycles. The molecular formula is C64H121NO5. The van der Waals surface area contributed by atoms with Crippen molar-refractivity contribution in [1.29, 1.82) is 0 Å². The van der Waals surface area contributed by atoms with Crippen molar-refractivity contribution < 1.29 is 24.5 Å². The van der Waals surface area contributed by atoms with Gasteiger partial charge in [-0.2, -0.15) is 0 Å². The van der Waals surface area contributed by atoms with E-state index in [0.717, 1.165) is 51.4 Å². The predicted octanol–water partition coefficient (Wildman–Crippen LogP) is 19.6. The smallest absolute Gasteiger partial charge is 0.305 e. The molecule has 3 N–H and O–H groups in total. The van der Waals surface area contributed by atoms with E-state index in [-0.39, 0.29) is 18.5 Å². The quantitative estimate of drug-likeness (QED) is 0.0321. The zero-order valence-electron chi connectivity index (χ0n) is 47.0. The third-order valence-corrected chi connectivity index (χ3v) is 14.4. The third kappa shape index (κ3) is 55.4. The highest BCUT2D eigenvalue weighted by Gasteiger charge is 2.20. The maximum atomic E-state index is 12.4. The van der Waals surface area contributed by atoms with Gasteiger partial charge in [0.1, 0.15) is 0 Å². The minimum absolute atomic E-state index is 0.00224. The number of hydrogen-bond acceptors (Lipinski definition) is 5. The Hall–Kier alpha value is -1.92. The Morgan fingerprint density at radius 1 is 0.400 bits per heavy atom. The predicted molar refractivity (Wildman–Crippen MR) is 306 cm³/mol. The lowest BCUT2D eigenvalue weighted by Gasteiger charge is -2.22. The summed E-state index contributed by atoms with van der Waals surface area (Å²) in [6, 6.07) is -0.538. The summed E-state index contributed by atoms with van der Waals surface area (Å²) >= 11 is 0. The molecule has 0 spiro atoms. The molecule has 0 bridgehead atoms. The van der Waals surface area contributed by atoms with Crippen molar-refractivity contribution in [3.05, 3.63) is 36.5 Å². The van der Waals surface area contributed by atoms with Crippen LogP contribution in [0.15, 0.2) is 36.5 Å². The van der Waals surface area contributed by atoms with E-state index in [2.05, 4.69) is 55.6 Å². The van der Waals surface area contributed by atoms with Gasteiger partial charge >= 0.3 is 5.97 Å². The molecule has 0 aliphatic carbocycles. The molecule has 0 radical (unpaired) electrons. The lowest BCUT2D eigenvalue weighted by Crippen LogP contribution is -2.45. The van der Waals surface area contributed by atoms with Crippen LogP contribution in [0.5, 0.6) is 0 Å². The van der Waals surface area contributed by atoms with Crippen molar-refractivity contribution in [3.8, 4) is 0 Å². The summed E-state index contributed by atoms with van der Waals surface area (Å²) in [5, 5.41) is 23.1. The highest BCUT2D eigenvalue weighted by molar-refractivity contribution is 5.76. The second kappa shape index (κ2) is 59.6. The van der Waals surface area contributed by atoms with Crippen LogP contribution in [0.3, 0.4) is 0 Å². The molecule has 0 saturated heterocycles. The van der Waals surface area contributed by atoms with Crippen LogP contribution >= 0.6 is 0 Å². The average molecular weight is 985 g/mol. The molecule has 70 heavy (non-hydrogen) atoms. The number of aliphatic hydroxyl groups excluding tert-OH is 2. The van der Waals surface area contributed by atoms with Crippen LogP contribution in [0.4, 0.5) is 0 Å². The minimum atomic E-state index is -0.661. The van der Waals surface area contributed by atoms with E-state index in [4.69, 9.17) is 4.74 Å². The lowest BCUT2D eigenvalue weighted by atomic mass is 10.0. The first-order valence-electron chi connectivity index (χ1n) is 31.2. The van der Waals surface area contributed by atoms with Crippen LogP contribution in [0, 0.1) is 0 Å². The molecule has 2 unspecified atom stereocenters. The zero-order valence-corrected chi connectivity index (χ0v) is 47.0. The van der Waals surface area contributed by atoms with E-state index < -0.39 is 12.1 Å². The van der Waals surface area contributed by atoms with E-state index in [0.29, 0.717) is 25.9 Å². The standard InChI is InChI=1S/C64H121NO5/c1-3-5-7-9-11-13-14-15-35-38-42-46-50-54-58-64(69)70-59-55-51-47-43-39-36-33-31-29-27-25-23-21-19-17-16-18-20-22-24-26-28-30-32-34-37-41-45-49-53-57-63(68)65-61(60-66)62(67)56-52-48-44-40-12-10-8-6-4-2/h9,11,14-15,17,19,61-62,66-67H,3-8,10,12-13,16,18,20-60H2,1-2H3,(H,65,68)/b11-9-,15-14-,19-17-. The molecule has 0 heterocycles. The van der Waals surface area contributed by atoms with Crippen LogP contribution in [0.1, 0.15) is 335 Å². The Bertz CT molecular complexity index is 1130. The molecule has 2 atom stereocenters. The molecular weight excluding hydrogens is 863 g/mol. The third-order valence-electron chi connectivity index (χ3n) is 14.4. The first kappa shape index (κ1) is 68.1. The zero-order chi connectivity index (χ0) is 50.7. The molecule has 6 heteroatoms. The van der Waals surface area contributed by atoms with Gasteiger partial charge in [-0.15, -0.1) is 0 Å². The minimum Gasteiger partial charge on any atom is -0.466 e. The van der Waals surface area contributed by atoms with Gasteiger partial charge in [-0.1, -0.05) is 281 Å². The number of carbonyl (C=O) groups is 2. The van der Waals surface area contributed by atoms with Crippen LogP contribution in [-0.2, 0) is 14.3 Å². The van der Waals surface area contributed by atoms with Gasteiger partial charge in [0.2, 0.25) is 5.91 Å². The number of aliphatic hydroxyl groups is 2. The van der Waals surface area contributed by atoms with E-state index in [9.17, 15) is 19.8 Å². The highest BCUT2D eigenvalue weighted by atomic mass is 16.5. The molecule has 1 amide bonds. The number of nitrogens with one attached hydrogen (secondary N) is 1. The summed E-state index contributed by atoms with van der Waals surface area (Å²) < 4.78 is 5.47. The van der Waals surface area contributed by atoms with Crippen molar-refractivity contribution in [3.63, 3.8) is 0 Å². The Kier molecular flexibility index (Phi) is 58.0. The van der Waals surface area contributed by atoms with Crippen LogP contribution in [0.2, 0.25) is 0 Å². The van der Waals surface area contributed by atoms with Gasteiger partial charge in [0.05, 0.1) is 25.4 Å². The molecule has 6 nitrogen and oxygen atoms in total. The van der Waals surface area contributed by atoms with Crippen LogP contribution < -0.4 is 5.32 Å². The van der Waals surface area contributed by atoms with Crippen molar-refractivity contribution in [2.24, 2.45) is 0 Å². The second-order valence-corrected chi connectivity index (χ2v) is 21.4. The number of rotatable bonds is 58. The van der Waals surface area contributed by atoms with Gasteiger partial charge in [0.25, 0.3) is 0 Å². The molecule has 0 aromatic heterocycles. The first-order valence-corrected chi connectivity index (χ1v) is 31.2. The van der Waals surface area contributed by atoms with E-state index in [1.165, 1.54) is 250 Å². The number of amides is 1. The summed E-state index contributed by atoms with van der Waals surface area (Å²) in [5.41, 5.74) is 0. The van der Waals surface area contributed by atoms with Crippen molar-refractivity contribution in [1.82, 2.24) is 5.32 Å². The molecule has 0 fully saturated rings. The average Bonchev–Trinajstić information content (AvgIpc) is 3.36. The maximum absolute atomic E-state index is 12.4. The van der Waals surface area contributed by atoms with E-state index >= 15 is 0 Å². The van der Waals surface area contributed by atoms with Gasteiger partial charge < -0.3 is 20.3 Å². The molecule has 0 aromatic rings. The molecule has 0 aliphatic rings. The number of allylic oxidation sites excluding steroid dienone is 6. The number of hydrogen-bond donors (Lipinski definition) is 3. The summed E-state index contributed by atoms with van der Waals surface area (Å²) in [4.78, 5) is 24.4. The number of carbonyl (C=O) groups excluding carboxylic acids is 2. The fraction of sp³-hybridized carbons (Fsp3) is 0.875. The summed E-state index contributed by atoms with van der Waals surface area (Å²) in [6.07, 6.45) is 74.6. The molecule has 0 rings (SSSR count). The summed E-state index contributed by atoms with van der Waals surface area (Å²) in [7, 11) is 0. The van der Waals surface area contributed by atoms with Gasteiger partial charge in [-0.05, 0) is 77.0 Å². The van der Waals surface area contributed by atoms with Crippen LogP contribution in [-0.4, -0.2) is 47.4 Å². The SMILES string of the molecule is CCCC/C=C\C/C=C\CCCCCCCC(=O)OCCCCCCCCCCCCCC/C=C\CCCCCCCCCCCCCCCCC(=O)NC(CO)C(O)CCCCCCCCCCC. The number of esters is 1. The van der Waals surface area contributed by atoms with Gasteiger partial charge in [0, 0.05) is 12.8 Å². The first-order chi connectivity index (χ1) is 34.5. The maximum Gasteiger partial charge on any atom is 0.305 e. The molecule has 0 aliphatic heterocycles. The van der Waals surface area contributed by atoms with Crippen molar-refractivity contribution in [2.45, 2.75) is 347 Å². The number of ether oxygens (including phenoxy) is 1. The highest BCUT2D eigenvalue weighted by Crippen LogP contribution is 2.17. The fourth-order valence-electron chi connectivity index (χ4n) is 9.59. The van der Waals surface area contributed by atoms with Gasteiger partial charge in [0.15, 0.2) is 0 Å². The number of unbranched alkanes of at least 4 members (excludes halogenated alkanes) is 41. The topological polar surface area (TPSA) is 95.9 Å². The van der Waals surface area contributed by atoms with Crippen molar-refractivity contribution in [2.75, 3.05) is 13.2 Å². The van der Waals surface area contributed by atoms with E-state index in [1.54, 1.807) is 0 Å². The largest absolute Gasteiger partial charge is 0.466 e. The summed E-state index contributed by atoms with van der Waals surface area (Å²) in [5.74, 6) is -0.0331. The lowest BCUT2D eigenvalue weighted by molar-refractivity contribution is -0.143. The Labute approximate surface area is 436 Å². The Morgan fingerprint density at radius 3 is 1.14 bits per heavy atom. The molecule has 0 aromatic carbocycles. The summed E-state index contributed by atoms with van der Waals surface area (Å²) in [6.45, 7) is 4.90. The Morgan fingerprint density at radius 2 is 0.729 bits per heavy atom. The van der Waals surface area contributed by atoms with Crippen molar-refractivity contribution >= 4 is 11.9 Å². The molecule has 412 valence electrons. The monoisotopic (exact) mass is 984 g/mol. The Balaban J connectivity index is 3.34.